The zero-order valence-corrected chi connectivity index (χ0v) is 15.5. The van der Waals surface area contributed by atoms with Gasteiger partial charge in [0.05, 0.1) is 11.9 Å². The van der Waals surface area contributed by atoms with Crippen LogP contribution in [-0.4, -0.2) is 33.3 Å². The highest BCUT2D eigenvalue weighted by molar-refractivity contribution is 5.82. The Balaban J connectivity index is 1.37. The summed E-state index contributed by atoms with van der Waals surface area (Å²) >= 11 is 0. The number of pyridine rings is 1. The first-order valence-corrected chi connectivity index (χ1v) is 8.75. The van der Waals surface area contributed by atoms with Gasteiger partial charge in [-0.05, 0) is 17.2 Å². The van der Waals surface area contributed by atoms with Crippen LogP contribution < -0.4 is 10.6 Å². The van der Waals surface area contributed by atoms with Crippen LogP contribution >= 0.6 is 0 Å². The first kappa shape index (κ1) is 19.1. The Labute approximate surface area is 162 Å². The second-order valence-corrected chi connectivity index (χ2v) is 6.15. The number of rotatable bonds is 7. The molecule has 0 unspecified atom stereocenters. The second-order valence-electron chi connectivity index (χ2n) is 6.15. The number of hydrogen-bond donors (Lipinski definition) is 2. The summed E-state index contributed by atoms with van der Waals surface area (Å²) in [5, 5.41) is 9.26. The Hall–Kier alpha value is -3.68. The third kappa shape index (κ3) is 5.66. The number of nitrogens with zero attached hydrogens (tertiary/aromatic N) is 3. The number of carbonyl (C=O) groups is 2. The summed E-state index contributed by atoms with van der Waals surface area (Å²) in [6.07, 6.45) is 4.68. The van der Waals surface area contributed by atoms with Crippen LogP contribution in [0.2, 0.25) is 0 Å². The van der Waals surface area contributed by atoms with Crippen molar-refractivity contribution in [3.8, 4) is 11.3 Å². The molecule has 0 atom stereocenters. The van der Waals surface area contributed by atoms with Gasteiger partial charge in [-0.1, -0.05) is 36.4 Å². The summed E-state index contributed by atoms with van der Waals surface area (Å²) in [4.78, 5) is 27.9. The first-order chi connectivity index (χ1) is 13.6. The summed E-state index contributed by atoms with van der Waals surface area (Å²) in [5.74, 6) is -0.312. The molecule has 2 N–H and O–H groups in total. The summed E-state index contributed by atoms with van der Waals surface area (Å²) in [6.45, 7) is 0.317. The van der Waals surface area contributed by atoms with Crippen molar-refractivity contribution < 1.29 is 14.3 Å². The fraction of sp³-hybridized carbons (Fsp3) is 0.200. The molecule has 2 aromatic heterocycles. The van der Waals surface area contributed by atoms with Gasteiger partial charge in [0.2, 0.25) is 5.91 Å². The number of alkyl carbamates (subject to hydrolysis) is 1. The topological polar surface area (TPSA) is 98.1 Å². The van der Waals surface area contributed by atoms with Crippen molar-refractivity contribution >= 4 is 12.0 Å². The van der Waals surface area contributed by atoms with E-state index in [0.717, 1.165) is 22.4 Å². The van der Waals surface area contributed by atoms with Gasteiger partial charge in [0, 0.05) is 31.5 Å². The Morgan fingerprint density at radius 1 is 1.04 bits per heavy atom. The van der Waals surface area contributed by atoms with Crippen LogP contribution in [0.25, 0.3) is 11.3 Å². The average Bonchev–Trinajstić information content (AvgIpc) is 3.16. The number of amides is 2. The fourth-order valence-corrected chi connectivity index (χ4v) is 2.44. The van der Waals surface area contributed by atoms with E-state index in [1.165, 1.54) is 0 Å². The molecule has 0 saturated carbocycles. The molecule has 2 heterocycles. The molecule has 0 radical (unpaired) electrons. The quantitative estimate of drug-likeness (QED) is 0.654. The van der Waals surface area contributed by atoms with Crippen LogP contribution in [0.5, 0.6) is 0 Å². The van der Waals surface area contributed by atoms with Gasteiger partial charge in [-0.2, -0.15) is 5.10 Å². The number of aryl methyl sites for hydroxylation is 1. The number of ether oxygens (including phenoxy) is 1. The van der Waals surface area contributed by atoms with Gasteiger partial charge in [0.15, 0.2) is 0 Å². The van der Waals surface area contributed by atoms with Crippen molar-refractivity contribution in [1.82, 2.24) is 25.4 Å². The molecular weight excluding hydrogens is 358 g/mol. The SMILES string of the molecule is Cn1cc(-c2ccc(CNC(=O)CNC(=O)OCc3ccccc3)cn2)cn1. The Morgan fingerprint density at radius 2 is 1.86 bits per heavy atom. The van der Waals surface area contributed by atoms with Crippen molar-refractivity contribution in [1.29, 1.82) is 0 Å². The molecule has 2 amide bonds. The van der Waals surface area contributed by atoms with Crippen LogP contribution in [0.3, 0.4) is 0 Å². The monoisotopic (exact) mass is 379 g/mol. The standard InChI is InChI=1S/C20H21N5O3/c1-25-13-17(11-24-25)18-8-7-16(9-21-18)10-22-19(26)12-23-20(27)28-14-15-5-3-2-4-6-15/h2-9,11,13H,10,12,14H2,1H3,(H,22,26)(H,23,27). The molecule has 0 aliphatic carbocycles. The van der Waals surface area contributed by atoms with E-state index in [9.17, 15) is 9.59 Å². The maximum absolute atomic E-state index is 11.9. The van der Waals surface area contributed by atoms with E-state index in [0.29, 0.717) is 6.54 Å². The smallest absolute Gasteiger partial charge is 0.407 e. The van der Waals surface area contributed by atoms with Gasteiger partial charge >= 0.3 is 6.09 Å². The molecule has 0 saturated heterocycles. The third-order valence-corrected chi connectivity index (χ3v) is 3.92. The van der Waals surface area contributed by atoms with E-state index >= 15 is 0 Å². The van der Waals surface area contributed by atoms with Gasteiger partial charge in [-0.3, -0.25) is 14.5 Å². The molecule has 0 aliphatic heterocycles. The number of benzene rings is 1. The normalized spacial score (nSPS) is 10.3. The van der Waals surface area contributed by atoms with Crippen molar-refractivity contribution in [2.24, 2.45) is 7.05 Å². The van der Waals surface area contributed by atoms with Crippen LogP contribution in [0.4, 0.5) is 4.79 Å². The zero-order chi connectivity index (χ0) is 19.8. The maximum atomic E-state index is 11.9. The molecular formula is C20H21N5O3. The lowest BCUT2D eigenvalue weighted by molar-refractivity contribution is -0.120. The van der Waals surface area contributed by atoms with E-state index in [2.05, 4.69) is 20.7 Å². The summed E-state index contributed by atoms with van der Waals surface area (Å²) in [6, 6.07) is 13.1. The largest absolute Gasteiger partial charge is 0.445 e. The summed E-state index contributed by atoms with van der Waals surface area (Å²) in [7, 11) is 1.85. The van der Waals surface area contributed by atoms with E-state index in [4.69, 9.17) is 4.74 Å². The lowest BCUT2D eigenvalue weighted by Gasteiger charge is -2.08. The van der Waals surface area contributed by atoms with Gasteiger partial charge in [0.1, 0.15) is 13.2 Å². The molecule has 0 fully saturated rings. The van der Waals surface area contributed by atoms with Crippen molar-refractivity contribution in [2.45, 2.75) is 13.2 Å². The highest BCUT2D eigenvalue weighted by atomic mass is 16.5. The van der Waals surface area contributed by atoms with Crippen molar-refractivity contribution in [2.75, 3.05) is 6.54 Å². The lowest BCUT2D eigenvalue weighted by atomic mass is 10.2. The zero-order valence-electron chi connectivity index (χ0n) is 15.5. The fourth-order valence-electron chi connectivity index (χ4n) is 2.44. The predicted octanol–water partition coefficient (Wildman–Crippen LogP) is 2.02. The molecule has 3 rings (SSSR count). The molecule has 28 heavy (non-hydrogen) atoms. The number of aromatic nitrogens is 3. The van der Waals surface area contributed by atoms with Crippen LogP contribution in [-0.2, 0) is 29.7 Å². The second kappa shape index (κ2) is 9.31. The van der Waals surface area contributed by atoms with Crippen LogP contribution in [0.1, 0.15) is 11.1 Å². The van der Waals surface area contributed by atoms with Crippen LogP contribution in [0.15, 0.2) is 61.1 Å². The first-order valence-electron chi connectivity index (χ1n) is 8.75. The lowest BCUT2D eigenvalue weighted by Crippen LogP contribution is -2.36. The third-order valence-electron chi connectivity index (χ3n) is 3.92. The van der Waals surface area contributed by atoms with E-state index in [1.807, 2.05) is 55.7 Å². The Morgan fingerprint density at radius 3 is 2.54 bits per heavy atom. The van der Waals surface area contributed by atoms with E-state index in [-0.39, 0.29) is 19.1 Å². The van der Waals surface area contributed by atoms with Crippen LogP contribution in [0, 0.1) is 0 Å². The van der Waals surface area contributed by atoms with Gasteiger partial charge in [0.25, 0.3) is 0 Å². The molecule has 0 aliphatic rings. The Bertz CT molecular complexity index is 923. The average molecular weight is 379 g/mol. The van der Waals surface area contributed by atoms with E-state index < -0.39 is 6.09 Å². The summed E-state index contributed by atoms with van der Waals surface area (Å²) in [5.41, 5.74) is 3.47. The maximum Gasteiger partial charge on any atom is 0.407 e. The Kier molecular flexibility index (Phi) is 6.35. The van der Waals surface area contributed by atoms with Gasteiger partial charge < -0.3 is 15.4 Å². The minimum Gasteiger partial charge on any atom is -0.445 e. The molecule has 8 heteroatoms. The van der Waals surface area contributed by atoms with Crippen molar-refractivity contribution in [3.05, 3.63) is 72.2 Å². The molecule has 0 spiro atoms. The van der Waals surface area contributed by atoms with E-state index in [1.54, 1.807) is 17.1 Å². The minimum absolute atomic E-state index is 0.156. The molecule has 1 aromatic carbocycles. The number of carbonyl (C=O) groups excluding carboxylic acids is 2. The molecule has 144 valence electrons. The molecule has 8 nitrogen and oxygen atoms in total. The molecule has 3 aromatic rings. The highest BCUT2D eigenvalue weighted by Crippen LogP contribution is 2.15. The number of nitrogens with one attached hydrogen (secondary N) is 2. The predicted molar refractivity (Wildman–Crippen MR) is 103 cm³/mol. The van der Waals surface area contributed by atoms with Gasteiger partial charge in [-0.15, -0.1) is 0 Å². The highest BCUT2D eigenvalue weighted by Gasteiger charge is 2.07. The van der Waals surface area contributed by atoms with Crippen molar-refractivity contribution in [3.63, 3.8) is 0 Å². The van der Waals surface area contributed by atoms with Gasteiger partial charge in [-0.25, -0.2) is 4.79 Å². The minimum atomic E-state index is -0.638. The molecule has 0 bridgehead atoms. The number of hydrogen-bond acceptors (Lipinski definition) is 5. The summed E-state index contributed by atoms with van der Waals surface area (Å²) < 4.78 is 6.76.